The first-order valence-electron chi connectivity index (χ1n) is 9.79. The van der Waals surface area contributed by atoms with E-state index in [1.807, 2.05) is 0 Å². The third-order valence-corrected chi connectivity index (χ3v) is 4.83. The van der Waals surface area contributed by atoms with Crippen molar-refractivity contribution >= 4 is 45.9 Å². The van der Waals surface area contributed by atoms with Crippen molar-refractivity contribution in [3.8, 4) is 6.07 Å². The molecule has 0 saturated carbocycles. The second-order valence-corrected chi connectivity index (χ2v) is 7.42. The fraction of sp³-hybridized carbons (Fsp3) is 0.125. The lowest BCUT2D eigenvalue weighted by molar-refractivity contribution is -0.138. The second kappa shape index (κ2) is 12.6. The summed E-state index contributed by atoms with van der Waals surface area (Å²) in [6.07, 6.45) is 2.06. The summed E-state index contributed by atoms with van der Waals surface area (Å²) in [6.45, 7) is 3.10. The summed E-state index contributed by atoms with van der Waals surface area (Å²) in [4.78, 5) is 48.0. The largest absolute Gasteiger partial charge is 0.462 e. The quantitative estimate of drug-likeness (QED) is 0.247. The Labute approximate surface area is 195 Å². The van der Waals surface area contributed by atoms with Crippen LogP contribution in [-0.2, 0) is 19.1 Å². The summed E-state index contributed by atoms with van der Waals surface area (Å²) < 4.78 is 4.90. The lowest BCUT2D eigenvalue weighted by atomic mass is 10.1. The topological polar surface area (TPSA) is 125 Å². The molecular weight excluding hydrogens is 442 g/mol. The van der Waals surface area contributed by atoms with E-state index in [9.17, 15) is 24.4 Å². The van der Waals surface area contributed by atoms with Gasteiger partial charge in [0.25, 0.3) is 0 Å². The van der Waals surface area contributed by atoms with Crippen molar-refractivity contribution in [1.82, 2.24) is 0 Å². The molecule has 9 heteroatoms. The van der Waals surface area contributed by atoms with Crippen molar-refractivity contribution < 1.29 is 23.9 Å². The van der Waals surface area contributed by atoms with Gasteiger partial charge in [0.15, 0.2) is 11.4 Å². The molecule has 0 aromatic heterocycles. The highest BCUT2D eigenvalue weighted by molar-refractivity contribution is 8.17. The average molecular weight is 464 g/mol. The molecule has 0 aliphatic carbocycles. The number of nitrogens with zero attached hydrogens (tertiary/aromatic N) is 1. The van der Waals surface area contributed by atoms with Crippen LogP contribution in [-0.4, -0.2) is 29.4 Å². The molecule has 33 heavy (non-hydrogen) atoms. The zero-order valence-corrected chi connectivity index (χ0v) is 18.8. The third kappa shape index (κ3) is 8.12. The Morgan fingerprint density at radius 2 is 1.61 bits per heavy atom. The van der Waals surface area contributed by atoms with Crippen LogP contribution < -0.4 is 10.6 Å². The molecule has 0 radical (unpaired) electrons. The lowest BCUT2D eigenvalue weighted by Crippen LogP contribution is -2.13. The number of nitriles is 1. The van der Waals surface area contributed by atoms with Gasteiger partial charge in [-0.05, 0) is 68.1 Å². The highest BCUT2D eigenvalue weighted by Gasteiger charge is 2.20. The molecule has 0 aliphatic rings. The summed E-state index contributed by atoms with van der Waals surface area (Å²) in [7, 11) is 0. The molecule has 2 aromatic carbocycles. The molecular formula is C24H21N3O5S. The van der Waals surface area contributed by atoms with Crippen LogP contribution in [0.4, 0.5) is 11.4 Å². The zero-order chi connectivity index (χ0) is 24.2. The van der Waals surface area contributed by atoms with Crippen molar-refractivity contribution in [2.24, 2.45) is 0 Å². The number of hydrogen-bond acceptors (Lipinski definition) is 8. The molecule has 168 valence electrons. The fourth-order valence-electron chi connectivity index (χ4n) is 2.43. The van der Waals surface area contributed by atoms with E-state index in [0.717, 1.165) is 12.2 Å². The number of carbonyl (C=O) groups is 4. The van der Waals surface area contributed by atoms with Crippen molar-refractivity contribution in [3.05, 3.63) is 82.9 Å². The highest BCUT2D eigenvalue weighted by atomic mass is 32.2. The number of esters is 1. The molecule has 0 atom stereocenters. The van der Waals surface area contributed by atoms with Crippen LogP contribution in [0.15, 0.2) is 77.4 Å². The van der Waals surface area contributed by atoms with Gasteiger partial charge in [-0.25, -0.2) is 4.79 Å². The van der Waals surface area contributed by atoms with Gasteiger partial charge in [0.1, 0.15) is 11.1 Å². The minimum absolute atomic E-state index is 0.0166. The van der Waals surface area contributed by atoms with E-state index in [1.54, 1.807) is 67.6 Å². The number of anilines is 2. The number of hydrogen-bond donors (Lipinski definition) is 2. The van der Waals surface area contributed by atoms with E-state index in [1.165, 1.54) is 6.92 Å². The van der Waals surface area contributed by atoms with Gasteiger partial charge < -0.3 is 15.4 Å². The first kappa shape index (κ1) is 25.1. The number of Topliss-reactive ketones (excluding diaryl/α,β-unsaturated/α-hetero) is 1. The summed E-state index contributed by atoms with van der Waals surface area (Å²) in [6, 6.07) is 16.7. The number of rotatable bonds is 9. The molecule has 0 aliphatic heterocycles. The van der Waals surface area contributed by atoms with Crippen molar-refractivity contribution in [2.75, 3.05) is 17.2 Å². The number of nitrogens with one attached hydrogen (secondary N) is 2. The smallest absolute Gasteiger partial charge is 0.351 e. The zero-order valence-electron chi connectivity index (χ0n) is 18.0. The standard InChI is InChI=1S/C24H21N3O5S/c1-3-32-24(31)20(15-25)23(27-18-7-5-4-6-8-18)33-22(30)14-13-21(29)26-19-11-9-17(10-12-19)16(2)28/h4-14,27H,3H2,1-2H3,(H,26,29)/b14-13+,23-20+. The van der Waals surface area contributed by atoms with E-state index in [2.05, 4.69) is 10.6 Å². The highest BCUT2D eigenvalue weighted by Crippen LogP contribution is 2.24. The monoisotopic (exact) mass is 463 g/mol. The van der Waals surface area contributed by atoms with Gasteiger partial charge in [0.05, 0.1) is 6.61 Å². The number of ether oxygens (including phenoxy) is 1. The summed E-state index contributed by atoms with van der Waals surface area (Å²) >= 11 is 0.582. The van der Waals surface area contributed by atoms with Crippen LogP contribution >= 0.6 is 11.8 Å². The van der Waals surface area contributed by atoms with Crippen LogP contribution in [0.25, 0.3) is 0 Å². The summed E-state index contributed by atoms with van der Waals surface area (Å²) in [5.74, 6) is -1.52. The van der Waals surface area contributed by atoms with Gasteiger partial charge in [-0.2, -0.15) is 5.26 Å². The maximum atomic E-state index is 12.4. The number of carbonyl (C=O) groups excluding carboxylic acids is 4. The molecule has 8 nitrogen and oxygen atoms in total. The lowest BCUT2D eigenvalue weighted by Gasteiger charge is -2.11. The SMILES string of the molecule is CCOC(=O)/C(C#N)=C(\Nc1ccccc1)SC(=O)/C=C/C(=O)Nc1ccc(C(C)=O)cc1. The van der Waals surface area contributed by atoms with E-state index in [-0.39, 0.29) is 23.0 Å². The van der Waals surface area contributed by atoms with E-state index in [4.69, 9.17) is 4.74 Å². The van der Waals surface area contributed by atoms with Crippen molar-refractivity contribution in [1.29, 1.82) is 5.26 Å². The number of ketones is 1. The van der Waals surface area contributed by atoms with Crippen LogP contribution in [0.2, 0.25) is 0 Å². The Morgan fingerprint density at radius 1 is 0.970 bits per heavy atom. The Hall–Kier alpha value is -4.16. The van der Waals surface area contributed by atoms with Gasteiger partial charge in [-0.1, -0.05) is 18.2 Å². The van der Waals surface area contributed by atoms with Crippen molar-refractivity contribution in [3.63, 3.8) is 0 Å². The Kier molecular flexibility index (Phi) is 9.61. The Bertz CT molecular complexity index is 1130. The molecule has 1 amide bonds. The van der Waals surface area contributed by atoms with Crippen LogP contribution in [0, 0.1) is 11.3 Å². The molecule has 0 bridgehead atoms. The number of para-hydroxylation sites is 1. The molecule has 0 fully saturated rings. The number of benzene rings is 2. The van der Waals surface area contributed by atoms with Gasteiger partial charge in [0, 0.05) is 23.0 Å². The maximum Gasteiger partial charge on any atom is 0.351 e. The second-order valence-electron chi connectivity index (χ2n) is 6.40. The van der Waals surface area contributed by atoms with E-state index >= 15 is 0 Å². The van der Waals surface area contributed by atoms with Gasteiger partial charge in [0.2, 0.25) is 11.0 Å². The molecule has 0 saturated heterocycles. The molecule has 0 unspecified atom stereocenters. The van der Waals surface area contributed by atoms with Gasteiger partial charge in [-0.15, -0.1) is 0 Å². The first-order valence-corrected chi connectivity index (χ1v) is 10.6. The van der Waals surface area contributed by atoms with Crippen LogP contribution in [0.3, 0.4) is 0 Å². The number of amides is 1. The predicted octanol–water partition coefficient (Wildman–Crippen LogP) is 4.05. The van der Waals surface area contributed by atoms with E-state index in [0.29, 0.717) is 28.7 Å². The van der Waals surface area contributed by atoms with Crippen molar-refractivity contribution in [2.45, 2.75) is 13.8 Å². The van der Waals surface area contributed by atoms with Crippen LogP contribution in [0.5, 0.6) is 0 Å². The first-order chi connectivity index (χ1) is 15.8. The Morgan fingerprint density at radius 3 is 2.18 bits per heavy atom. The van der Waals surface area contributed by atoms with Crippen LogP contribution in [0.1, 0.15) is 24.2 Å². The van der Waals surface area contributed by atoms with Gasteiger partial charge >= 0.3 is 5.97 Å². The fourth-order valence-corrected chi connectivity index (χ4v) is 3.17. The third-order valence-electron chi connectivity index (χ3n) is 3.98. The molecule has 0 spiro atoms. The molecule has 2 N–H and O–H groups in total. The summed E-state index contributed by atoms with van der Waals surface area (Å²) in [5, 5.41) is 14.3. The Balaban J connectivity index is 2.13. The minimum atomic E-state index is -0.866. The molecule has 0 heterocycles. The predicted molar refractivity (Wildman–Crippen MR) is 126 cm³/mol. The number of thioether (sulfide) groups is 1. The minimum Gasteiger partial charge on any atom is -0.462 e. The maximum absolute atomic E-state index is 12.4. The van der Waals surface area contributed by atoms with E-state index < -0.39 is 17.0 Å². The normalized spacial score (nSPS) is 11.2. The van der Waals surface area contributed by atoms with Gasteiger partial charge in [-0.3, -0.25) is 14.4 Å². The molecule has 2 rings (SSSR count). The average Bonchev–Trinajstić information content (AvgIpc) is 2.79. The summed E-state index contributed by atoms with van der Waals surface area (Å²) in [5.41, 5.74) is 1.16. The molecule has 2 aromatic rings.